The molecule has 0 bridgehead atoms. The normalized spacial score (nSPS) is 15.4. The van der Waals surface area contributed by atoms with Crippen LogP contribution >= 0.6 is 11.6 Å². The first-order valence-corrected chi connectivity index (χ1v) is 15.5. The van der Waals surface area contributed by atoms with Crippen molar-refractivity contribution in [3.8, 4) is 0 Å². The number of hydrogen-bond donors (Lipinski definition) is 0. The third-order valence-corrected chi connectivity index (χ3v) is 8.45. The quantitative estimate of drug-likeness (QED) is 0.144. The number of benzene rings is 2. The number of fused-ring (bicyclic) bond motifs is 1. The van der Waals surface area contributed by atoms with E-state index in [9.17, 15) is 41.1 Å². The Morgan fingerprint density at radius 3 is 2.39 bits per heavy atom. The molecule has 0 radical (unpaired) electrons. The maximum atomic E-state index is 14.9. The molecule has 4 amide bonds. The molecule has 0 N–H and O–H groups in total. The summed E-state index contributed by atoms with van der Waals surface area (Å²) in [6.45, 7) is 5.53. The number of urea groups is 1. The van der Waals surface area contributed by atoms with Gasteiger partial charge in [0.15, 0.2) is 0 Å². The summed E-state index contributed by atoms with van der Waals surface area (Å²) >= 11 is 3.51. The molecule has 46 heavy (non-hydrogen) atoms. The Bertz CT molecular complexity index is 1730. The molecule has 2 heterocycles. The number of likely N-dealkylation sites (N-methyl/N-ethyl adjacent to an activating group) is 1. The number of carbonyl (C=O) groups excluding carboxylic acids is 4. The maximum absolute atomic E-state index is 14.9. The topological polar surface area (TPSA) is 109 Å². The van der Waals surface area contributed by atoms with Crippen LogP contribution in [0.1, 0.15) is 38.2 Å². The molecule has 0 unspecified atom stereocenters. The minimum absolute atomic E-state index is 0.0332. The van der Waals surface area contributed by atoms with E-state index in [0.717, 1.165) is 35.0 Å². The number of hydrogen-bond acceptors (Lipinski definition) is 7. The van der Waals surface area contributed by atoms with Crippen LogP contribution in [0.5, 0.6) is 0 Å². The number of carbonyl (C=O) groups is 4. The van der Waals surface area contributed by atoms with Gasteiger partial charge in [0.05, 0.1) is 0 Å². The second kappa shape index (κ2) is 13.0. The van der Waals surface area contributed by atoms with Crippen molar-refractivity contribution in [2.24, 2.45) is 0 Å². The average Bonchev–Trinajstić information content (AvgIpc) is 3.30. The predicted octanol–water partition coefficient (Wildman–Crippen LogP) is 5.40. The summed E-state index contributed by atoms with van der Waals surface area (Å²) in [5.74, 6) is -4.22. The van der Waals surface area contributed by atoms with Crippen molar-refractivity contribution in [1.82, 2.24) is 9.88 Å². The molecule has 246 valence electrons. The fraction of sp³-hybridized carbons (Fsp3) is 0.345. The van der Waals surface area contributed by atoms with Gasteiger partial charge in [-0.25, -0.2) is 4.39 Å². The van der Waals surface area contributed by atoms with Crippen molar-refractivity contribution in [2.45, 2.75) is 44.4 Å². The first-order chi connectivity index (χ1) is 21.3. The molecule has 1 aliphatic heterocycles. The molecule has 17 heteroatoms. The second-order valence-corrected chi connectivity index (χ2v) is 13.5. The Hall–Kier alpha value is -4.01. The van der Waals surface area contributed by atoms with Gasteiger partial charge in [0.25, 0.3) is 0 Å². The summed E-state index contributed by atoms with van der Waals surface area (Å²) in [4.78, 5) is 59.3. The van der Waals surface area contributed by atoms with E-state index in [1.165, 1.54) is 25.1 Å². The number of nitrogens with zero attached hydrogens (tertiary/aromatic N) is 4. The molecule has 1 saturated heterocycles. The van der Waals surface area contributed by atoms with Crippen LogP contribution in [-0.2, 0) is 14.3 Å². The van der Waals surface area contributed by atoms with Gasteiger partial charge in [0.1, 0.15) is 0 Å². The zero-order chi connectivity index (χ0) is 34.3. The van der Waals surface area contributed by atoms with E-state index in [4.69, 9.17) is 21.1 Å². The van der Waals surface area contributed by atoms with Gasteiger partial charge >= 0.3 is 267 Å². The summed E-state index contributed by atoms with van der Waals surface area (Å²) in [6.07, 6.45) is -1.11. The number of rotatable bonds is 6. The number of esters is 1. The van der Waals surface area contributed by atoms with Crippen molar-refractivity contribution in [1.29, 1.82) is 0 Å². The molecule has 1 aromatic heterocycles. The molecular weight excluding hydrogens is 710 g/mol. The number of halogens is 6. The van der Waals surface area contributed by atoms with Crippen LogP contribution in [0.4, 0.5) is 42.9 Å². The van der Waals surface area contributed by atoms with Crippen molar-refractivity contribution in [3.05, 3.63) is 58.7 Å². The van der Waals surface area contributed by atoms with Gasteiger partial charge in [-0.05, 0) is 0 Å². The number of alkyl halides is 3. The molecule has 0 aliphatic carbocycles. The SMILES string of the molecule is CCOC(=O)c1cc([Se]C(F)(F)F)c2cc(N3C(=O)N(C(=O)OC(C)(C)C)C[C@H]3C(=O)N(C)c3ccc(F)c(Cl)c3F)ccc2n1. The summed E-state index contributed by atoms with van der Waals surface area (Å²) in [5, 5.41) is -5.61. The number of imide groups is 1. The van der Waals surface area contributed by atoms with E-state index in [1.807, 2.05) is 0 Å². The Kier molecular flexibility index (Phi) is 9.86. The van der Waals surface area contributed by atoms with Gasteiger partial charge in [-0.2, -0.15) is 0 Å². The monoisotopic (exact) mass is 736 g/mol. The van der Waals surface area contributed by atoms with Gasteiger partial charge in [-0.1, -0.05) is 0 Å². The molecule has 0 spiro atoms. The van der Waals surface area contributed by atoms with Gasteiger partial charge in [0.2, 0.25) is 0 Å². The van der Waals surface area contributed by atoms with Gasteiger partial charge in [0, 0.05) is 0 Å². The Labute approximate surface area is 270 Å². The standard InChI is InChI=1S/C29H26ClF5N4O6Se/c1-6-44-25(41)18-12-21(46-29(33,34)35)15-11-14(7-9-17(15)36-18)39-20(13-38(26(39)42)27(43)45-28(2,3)4)24(40)37(5)19-10-8-16(31)22(30)23(19)32/h7-12,20H,6,13H2,1-5H3/t20-/m0/s1. The van der Waals surface area contributed by atoms with E-state index in [-0.39, 0.29) is 33.4 Å². The molecule has 10 nitrogen and oxygen atoms in total. The second-order valence-electron chi connectivity index (χ2n) is 10.8. The van der Waals surface area contributed by atoms with E-state index in [2.05, 4.69) is 4.98 Å². The van der Waals surface area contributed by atoms with Gasteiger partial charge in [-0.3, -0.25) is 0 Å². The van der Waals surface area contributed by atoms with Gasteiger partial charge < -0.3 is 0 Å². The summed E-state index contributed by atoms with van der Waals surface area (Å²) in [7, 11) is 1.14. The van der Waals surface area contributed by atoms with Gasteiger partial charge in [-0.15, -0.1) is 0 Å². The molecule has 2 aromatic carbocycles. The van der Waals surface area contributed by atoms with Crippen molar-refractivity contribution in [2.75, 3.05) is 30.0 Å². The van der Waals surface area contributed by atoms with Crippen LogP contribution in [0, 0.1) is 11.6 Å². The van der Waals surface area contributed by atoms with E-state index in [0.29, 0.717) is 4.90 Å². The van der Waals surface area contributed by atoms with E-state index in [1.54, 1.807) is 20.8 Å². The van der Waals surface area contributed by atoms with E-state index >= 15 is 0 Å². The third-order valence-electron chi connectivity index (χ3n) is 6.45. The predicted molar refractivity (Wildman–Crippen MR) is 159 cm³/mol. The Balaban J connectivity index is 1.85. The van der Waals surface area contributed by atoms with Crippen LogP contribution in [-0.4, -0.2) is 85.8 Å². The molecule has 1 aliphatic rings. The number of aromatic nitrogens is 1. The fourth-order valence-electron chi connectivity index (χ4n) is 4.51. The Morgan fingerprint density at radius 2 is 1.78 bits per heavy atom. The summed E-state index contributed by atoms with van der Waals surface area (Å²) in [5.41, 5.74) is -1.99. The van der Waals surface area contributed by atoms with Crippen molar-refractivity contribution < 1.29 is 50.6 Å². The summed E-state index contributed by atoms with van der Waals surface area (Å²) in [6, 6.07) is 3.82. The molecule has 4 rings (SSSR count). The zero-order valence-electron chi connectivity index (χ0n) is 24.9. The average molecular weight is 736 g/mol. The van der Waals surface area contributed by atoms with Crippen LogP contribution in [0.25, 0.3) is 10.9 Å². The van der Waals surface area contributed by atoms with Crippen LogP contribution in [0.3, 0.4) is 0 Å². The van der Waals surface area contributed by atoms with Crippen molar-refractivity contribution >= 4 is 77.3 Å². The third kappa shape index (κ3) is 7.34. The first-order valence-electron chi connectivity index (χ1n) is 13.5. The van der Waals surface area contributed by atoms with Crippen LogP contribution in [0.2, 0.25) is 5.02 Å². The fourth-order valence-corrected chi connectivity index (χ4v) is 6.13. The summed E-state index contributed by atoms with van der Waals surface area (Å²) < 4.78 is 79.5. The zero-order valence-corrected chi connectivity index (χ0v) is 27.3. The molecule has 3 aromatic rings. The number of anilines is 2. The Morgan fingerprint density at radius 1 is 1.11 bits per heavy atom. The minimum atomic E-state index is -4.65. The number of pyridine rings is 1. The van der Waals surface area contributed by atoms with E-state index < -0.39 is 84.6 Å². The number of ether oxygens (including phenoxy) is 2. The van der Waals surface area contributed by atoms with Crippen LogP contribution < -0.4 is 14.3 Å². The first kappa shape index (κ1) is 34.9. The molecule has 1 atom stereocenters. The van der Waals surface area contributed by atoms with Crippen molar-refractivity contribution in [3.63, 3.8) is 0 Å². The number of amides is 4. The molecule has 1 fully saturated rings. The molecular formula is C29H26ClF5N4O6Se. The molecule has 0 saturated carbocycles. The van der Waals surface area contributed by atoms with Crippen LogP contribution in [0.15, 0.2) is 36.4 Å².